The first-order valence-corrected chi connectivity index (χ1v) is 14.1. The number of hydrogen-bond acceptors (Lipinski definition) is 5. The average molecular weight is 548 g/mol. The molecule has 0 bridgehead atoms. The van der Waals surface area contributed by atoms with E-state index in [1.807, 2.05) is 27.0 Å². The van der Waals surface area contributed by atoms with E-state index in [1.54, 1.807) is 25.3 Å². The average Bonchev–Trinajstić information content (AvgIpc) is 3.50. The van der Waals surface area contributed by atoms with E-state index in [4.69, 9.17) is 0 Å². The van der Waals surface area contributed by atoms with Gasteiger partial charge in [-0.3, -0.25) is 4.21 Å². The van der Waals surface area contributed by atoms with Gasteiger partial charge in [0.2, 0.25) is 0 Å². The van der Waals surface area contributed by atoms with Crippen molar-refractivity contribution in [2.45, 2.75) is 54.0 Å². The highest BCUT2D eigenvalue weighted by Gasteiger charge is 2.36. The first-order chi connectivity index (χ1) is 18.2. The van der Waals surface area contributed by atoms with Crippen LogP contribution in [0.2, 0.25) is 0 Å². The quantitative estimate of drug-likeness (QED) is 0.197. The molecule has 0 aliphatic rings. The van der Waals surface area contributed by atoms with Crippen LogP contribution < -0.4 is 0 Å². The third-order valence-corrected chi connectivity index (χ3v) is 7.34. The van der Waals surface area contributed by atoms with Gasteiger partial charge in [-0.15, -0.1) is 0 Å². The third-order valence-electron chi connectivity index (χ3n) is 6.49. The van der Waals surface area contributed by atoms with Crippen LogP contribution in [0.3, 0.4) is 0 Å². The van der Waals surface area contributed by atoms with Crippen molar-refractivity contribution in [2.75, 3.05) is 14.1 Å². The molecule has 2 aromatic heterocycles. The molecule has 9 heteroatoms. The number of nitrogens with one attached hydrogen (secondary N) is 2. The van der Waals surface area contributed by atoms with Gasteiger partial charge in [0.25, 0.3) is 0 Å². The molecule has 4 aromatic rings. The Hall–Kier alpha value is -3.11. The molecule has 1 unspecified atom stereocenters. The van der Waals surface area contributed by atoms with Crippen molar-refractivity contribution >= 4 is 11.3 Å². The number of rotatable bonds is 8. The van der Waals surface area contributed by atoms with Gasteiger partial charge in [-0.2, -0.15) is 4.41 Å². The highest BCUT2D eigenvalue weighted by atomic mass is 32.2. The predicted octanol–water partition coefficient (Wildman–Crippen LogP) is 6.38. The standard InChI is InChI=1S/C30H40N6O2S/c1-29(2,3)17-26-31-18-24(33-26)22-13-9-20(10-14-22)21-11-15-23(16-12-21)25-19-32-28(34-25)27(30(4,5)6)36(35(7)8)39(37)38/h9-16,18-19,27H,17H2,1-8H3,(H,31,33)(H,32,34)(H,37,38)/p-1/t27-/m1/s1. The lowest BCUT2D eigenvalue weighted by Crippen LogP contribution is -2.46. The second-order valence-corrected chi connectivity index (χ2v) is 13.3. The summed E-state index contributed by atoms with van der Waals surface area (Å²) in [4.78, 5) is 15.9. The molecule has 2 N–H and O–H groups in total. The molecule has 0 aliphatic heterocycles. The zero-order valence-corrected chi connectivity index (χ0v) is 24.9. The van der Waals surface area contributed by atoms with Crippen molar-refractivity contribution < 1.29 is 8.76 Å². The Labute approximate surface area is 234 Å². The lowest BCUT2D eigenvalue weighted by molar-refractivity contribution is 0.0174. The Balaban J connectivity index is 1.53. The van der Waals surface area contributed by atoms with E-state index in [2.05, 4.69) is 89.2 Å². The minimum atomic E-state index is -2.44. The fourth-order valence-corrected chi connectivity index (χ4v) is 5.56. The van der Waals surface area contributed by atoms with E-state index < -0.39 is 17.3 Å². The van der Waals surface area contributed by atoms with Crippen LogP contribution in [0.1, 0.15) is 59.2 Å². The van der Waals surface area contributed by atoms with E-state index in [0.29, 0.717) is 5.82 Å². The van der Waals surface area contributed by atoms with Crippen molar-refractivity contribution in [1.29, 1.82) is 0 Å². The summed E-state index contributed by atoms with van der Waals surface area (Å²) in [6, 6.07) is 16.3. The molecule has 0 fully saturated rings. The number of aromatic nitrogens is 4. The van der Waals surface area contributed by atoms with Crippen LogP contribution >= 0.6 is 0 Å². The SMILES string of the molecule is CN(C)N([C@H](c1ncc(-c2ccc(-c3ccc(-c4cnc(CC(C)(C)C)[nH]4)cc3)cc2)[nH]1)C(C)(C)C)S(=O)[O-]. The Kier molecular flexibility index (Phi) is 8.28. The molecule has 0 radical (unpaired) electrons. The van der Waals surface area contributed by atoms with Crippen molar-refractivity contribution in [1.82, 2.24) is 29.4 Å². The Morgan fingerprint density at radius 2 is 1.26 bits per heavy atom. The number of hydrogen-bond donors (Lipinski definition) is 2. The lowest BCUT2D eigenvalue weighted by atomic mass is 9.86. The molecule has 2 aromatic carbocycles. The zero-order valence-electron chi connectivity index (χ0n) is 24.1. The number of H-pyrrole nitrogens is 2. The number of hydrazine groups is 1. The number of imidazole rings is 2. The van der Waals surface area contributed by atoms with Crippen LogP contribution in [0.15, 0.2) is 60.9 Å². The van der Waals surface area contributed by atoms with Crippen molar-refractivity contribution in [2.24, 2.45) is 10.8 Å². The second kappa shape index (κ2) is 11.2. The molecule has 0 aliphatic carbocycles. The molecule has 0 saturated carbocycles. The van der Waals surface area contributed by atoms with E-state index >= 15 is 0 Å². The number of benzene rings is 2. The smallest absolute Gasteiger partial charge is 0.126 e. The van der Waals surface area contributed by atoms with E-state index in [0.717, 1.165) is 45.9 Å². The first-order valence-electron chi connectivity index (χ1n) is 13.1. The molecular formula is C30H39N6O2S-. The monoisotopic (exact) mass is 547 g/mol. The Bertz CT molecular complexity index is 1410. The summed E-state index contributed by atoms with van der Waals surface area (Å²) in [5, 5.41) is 1.57. The molecule has 4 rings (SSSR count). The van der Waals surface area contributed by atoms with Gasteiger partial charge in [0.05, 0.1) is 29.8 Å². The van der Waals surface area contributed by atoms with Crippen LogP contribution in [-0.4, -0.2) is 52.2 Å². The van der Waals surface area contributed by atoms with Crippen LogP contribution in [-0.2, 0) is 17.7 Å². The Morgan fingerprint density at radius 3 is 1.69 bits per heavy atom. The molecule has 8 nitrogen and oxygen atoms in total. The maximum absolute atomic E-state index is 12.0. The van der Waals surface area contributed by atoms with Gasteiger partial charge in [-0.1, -0.05) is 90.1 Å². The first kappa shape index (κ1) is 28.9. The van der Waals surface area contributed by atoms with E-state index in [1.165, 1.54) is 4.41 Å². The van der Waals surface area contributed by atoms with Gasteiger partial charge in [-0.05, 0) is 33.1 Å². The predicted molar refractivity (Wildman–Crippen MR) is 157 cm³/mol. The normalized spacial score (nSPS) is 14.2. The van der Waals surface area contributed by atoms with E-state index in [-0.39, 0.29) is 10.8 Å². The highest BCUT2D eigenvalue weighted by Crippen LogP contribution is 2.38. The molecule has 2 heterocycles. The summed E-state index contributed by atoms with van der Waals surface area (Å²) in [5.74, 6) is 1.60. The van der Waals surface area contributed by atoms with Crippen LogP contribution in [0, 0.1) is 10.8 Å². The molecule has 2 atom stereocenters. The van der Waals surface area contributed by atoms with Crippen LogP contribution in [0.25, 0.3) is 33.6 Å². The maximum atomic E-state index is 12.0. The van der Waals surface area contributed by atoms with Crippen molar-refractivity contribution in [3.8, 4) is 33.6 Å². The van der Waals surface area contributed by atoms with Gasteiger partial charge in [0.1, 0.15) is 11.6 Å². The molecule has 0 amide bonds. The van der Waals surface area contributed by atoms with Crippen molar-refractivity contribution in [3.05, 3.63) is 72.6 Å². The Morgan fingerprint density at radius 1 is 0.795 bits per heavy atom. The summed E-state index contributed by atoms with van der Waals surface area (Å²) in [6.07, 6.45) is 4.57. The molecule has 0 spiro atoms. The molecule has 39 heavy (non-hydrogen) atoms. The molecule has 208 valence electrons. The minimum absolute atomic E-state index is 0.182. The summed E-state index contributed by atoms with van der Waals surface area (Å²) in [6.45, 7) is 12.6. The largest absolute Gasteiger partial charge is 0.759 e. The molecular weight excluding hydrogens is 508 g/mol. The van der Waals surface area contributed by atoms with Gasteiger partial charge in [-0.25, -0.2) is 15.0 Å². The number of aromatic amines is 2. The molecule has 0 saturated heterocycles. The van der Waals surface area contributed by atoms with Crippen LogP contribution in [0.5, 0.6) is 0 Å². The fourth-order valence-electron chi connectivity index (χ4n) is 4.70. The van der Waals surface area contributed by atoms with Gasteiger partial charge in [0.15, 0.2) is 0 Å². The van der Waals surface area contributed by atoms with Crippen LogP contribution in [0.4, 0.5) is 0 Å². The third kappa shape index (κ3) is 6.91. The van der Waals surface area contributed by atoms with Gasteiger partial charge in [0, 0.05) is 31.8 Å². The van der Waals surface area contributed by atoms with Gasteiger partial charge >= 0.3 is 0 Å². The van der Waals surface area contributed by atoms with E-state index in [9.17, 15) is 8.76 Å². The fraction of sp³-hybridized carbons (Fsp3) is 0.400. The number of nitrogens with zero attached hydrogens (tertiary/aromatic N) is 4. The van der Waals surface area contributed by atoms with Crippen molar-refractivity contribution in [3.63, 3.8) is 0 Å². The minimum Gasteiger partial charge on any atom is -0.759 e. The highest BCUT2D eigenvalue weighted by molar-refractivity contribution is 7.76. The summed E-state index contributed by atoms with van der Waals surface area (Å²) in [7, 11) is 3.42. The second-order valence-electron chi connectivity index (χ2n) is 12.5. The summed E-state index contributed by atoms with van der Waals surface area (Å²) in [5.41, 5.74) is 5.96. The maximum Gasteiger partial charge on any atom is 0.126 e. The lowest BCUT2D eigenvalue weighted by Gasteiger charge is -2.42. The van der Waals surface area contributed by atoms with Gasteiger partial charge < -0.3 is 14.5 Å². The summed E-state index contributed by atoms with van der Waals surface area (Å²) >= 11 is -2.44. The zero-order chi connectivity index (χ0) is 28.5. The summed E-state index contributed by atoms with van der Waals surface area (Å²) < 4.78 is 25.4. The topological polar surface area (TPSA) is 104 Å².